The first kappa shape index (κ1) is 11.4. The van der Waals surface area contributed by atoms with Gasteiger partial charge in [-0.3, -0.25) is 4.79 Å². The van der Waals surface area contributed by atoms with Crippen molar-refractivity contribution in [2.24, 2.45) is 0 Å². The molecule has 0 saturated carbocycles. The van der Waals surface area contributed by atoms with Crippen LogP contribution in [0.25, 0.3) is 16.9 Å². The van der Waals surface area contributed by atoms with Gasteiger partial charge in [0, 0.05) is 5.56 Å². The minimum Gasteiger partial charge on any atom is -0.266 e. The van der Waals surface area contributed by atoms with Gasteiger partial charge in [0.15, 0.2) is 5.65 Å². The topological polar surface area (TPSA) is 63.1 Å². The lowest BCUT2D eigenvalue weighted by molar-refractivity contribution is 0.810. The van der Waals surface area contributed by atoms with E-state index in [1.165, 1.54) is 4.52 Å². The van der Waals surface area contributed by atoms with Gasteiger partial charge in [-0.15, -0.1) is 0 Å². The first-order valence-corrected chi connectivity index (χ1v) is 6.45. The van der Waals surface area contributed by atoms with Crippen LogP contribution in [0.4, 0.5) is 0 Å². The maximum atomic E-state index is 12.0. The number of hydrogen-bond donors (Lipinski definition) is 1. The van der Waals surface area contributed by atoms with Gasteiger partial charge in [0.2, 0.25) is 0 Å². The van der Waals surface area contributed by atoms with Gasteiger partial charge in [-0.1, -0.05) is 30.3 Å². The highest BCUT2D eigenvalue weighted by molar-refractivity contribution is 14.1. The second-order valence-electron chi connectivity index (χ2n) is 3.90. The van der Waals surface area contributed by atoms with E-state index in [-0.39, 0.29) is 5.56 Å². The number of benzene rings is 1. The number of aromatic amines is 1. The van der Waals surface area contributed by atoms with E-state index in [0.717, 1.165) is 11.3 Å². The number of rotatable bonds is 1. The molecular formula is C12H9IN4O. The molecule has 2 aromatic heterocycles. The van der Waals surface area contributed by atoms with Gasteiger partial charge >= 0.3 is 0 Å². The van der Waals surface area contributed by atoms with Crippen LogP contribution in [0, 0.1) is 10.5 Å². The fraction of sp³-hybridized carbons (Fsp3) is 0.0833. The Labute approximate surface area is 116 Å². The number of hydrogen-bond acceptors (Lipinski definition) is 3. The van der Waals surface area contributed by atoms with Crippen LogP contribution in [0.3, 0.4) is 0 Å². The molecule has 0 saturated heterocycles. The second-order valence-corrected chi connectivity index (χ2v) is 4.98. The molecule has 0 aliphatic rings. The highest BCUT2D eigenvalue weighted by atomic mass is 127. The van der Waals surface area contributed by atoms with Gasteiger partial charge < -0.3 is 0 Å². The van der Waals surface area contributed by atoms with Crippen molar-refractivity contribution in [2.45, 2.75) is 6.92 Å². The Morgan fingerprint density at radius 3 is 2.72 bits per heavy atom. The van der Waals surface area contributed by atoms with Crippen LogP contribution < -0.4 is 5.56 Å². The lowest BCUT2D eigenvalue weighted by atomic mass is 10.2. The molecule has 0 fully saturated rings. The summed E-state index contributed by atoms with van der Waals surface area (Å²) in [5.41, 5.74) is 2.78. The summed E-state index contributed by atoms with van der Waals surface area (Å²) in [5, 5.41) is 6.89. The Morgan fingerprint density at radius 2 is 2.00 bits per heavy atom. The van der Waals surface area contributed by atoms with Gasteiger partial charge in [0.25, 0.3) is 5.56 Å². The summed E-state index contributed by atoms with van der Waals surface area (Å²) in [6, 6.07) is 9.67. The fourth-order valence-electron chi connectivity index (χ4n) is 1.80. The normalized spacial score (nSPS) is 11.0. The summed E-state index contributed by atoms with van der Waals surface area (Å²) in [5.74, 6) is 0. The van der Waals surface area contributed by atoms with Crippen molar-refractivity contribution in [3.63, 3.8) is 0 Å². The van der Waals surface area contributed by atoms with Crippen molar-refractivity contribution in [3.05, 3.63) is 49.9 Å². The van der Waals surface area contributed by atoms with Crippen LogP contribution in [0.1, 0.15) is 5.69 Å². The molecule has 3 rings (SSSR count). The van der Waals surface area contributed by atoms with Crippen LogP contribution in [0.5, 0.6) is 0 Å². The number of nitrogens with zero attached hydrogens (tertiary/aromatic N) is 3. The smallest absolute Gasteiger partial charge is 0.266 e. The number of aryl methyl sites for hydroxylation is 1. The first-order valence-electron chi connectivity index (χ1n) is 5.37. The Balaban J connectivity index is 2.38. The lowest BCUT2D eigenvalue weighted by Gasteiger charge is -1.99. The molecule has 1 aromatic carbocycles. The minimum absolute atomic E-state index is 0.118. The third kappa shape index (κ3) is 1.64. The summed E-state index contributed by atoms with van der Waals surface area (Å²) in [4.78, 5) is 16.5. The highest BCUT2D eigenvalue weighted by Gasteiger charge is 2.14. The summed E-state index contributed by atoms with van der Waals surface area (Å²) in [7, 11) is 0. The minimum atomic E-state index is -0.118. The average molecular weight is 352 g/mol. The van der Waals surface area contributed by atoms with Gasteiger partial charge in [0.1, 0.15) is 9.26 Å². The van der Waals surface area contributed by atoms with Crippen LogP contribution in [-0.2, 0) is 0 Å². The Morgan fingerprint density at radius 1 is 1.28 bits per heavy atom. The van der Waals surface area contributed by atoms with Gasteiger partial charge in [-0.05, 0) is 29.5 Å². The molecule has 0 aliphatic heterocycles. The summed E-state index contributed by atoms with van der Waals surface area (Å²) >= 11 is 2.00. The summed E-state index contributed by atoms with van der Waals surface area (Å²) in [6.45, 7) is 1.82. The monoisotopic (exact) mass is 352 g/mol. The van der Waals surface area contributed by atoms with E-state index in [2.05, 4.69) is 15.3 Å². The van der Waals surface area contributed by atoms with E-state index >= 15 is 0 Å². The summed E-state index contributed by atoms with van der Waals surface area (Å²) in [6.07, 6.45) is 0. The molecule has 18 heavy (non-hydrogen) atoms. The zero-order chi connectivity index (χ0) is 12.7. The SMILES string of the molecule is Cc1nc2c(-c3ccccc3)n[nH]n2c(=O)c1I. The van der Waals surface area contributed by atoms with E-state index in [0.29, 0.717) is 14.9 Å². The lowest BCUT2D eigenvalue weighted by Crippen LogP contribution is -2.19. The Hall–Kier alpha value is -1.70. The number of aromatic nitrogens is 4. The molecule has 2 heterocycles. The standard InChI is InChI=1S/C12H9IN4O/c1-7-9(13)12(18)17-11(14-7)10(15-16-17)8-5-3-2-4-6-8/h2-6,16H,1H3. The number of halogens is 1. The van der Waals surface area contributed by atoms with Crippen molar-refractivity contribution in [2.75, 3.05) is 0 Å². The Bertz CT molecular complexity index is 776. The van der Waals surface area contributed by atoms with E-state index < -0.39 is 0 Å². The van der Waals surface area contributed by atoms with E-state index in [1.54, 1.807) is 0 Å². The van der Waals surface area contributed by atoms with Crippen LogP contribution >= 0.6 is 22.6 Å². The molecule has 0 spiro atoms. The Kier molecular flexibility index (Phi) is 2.66. The summed E-state index contributed by atoms with van der Waals surface area (Å²) < 4.78 is 1.98. The number of nitrogens with one attached hydrogen (secondary N) is 1. The third-order valence-corrected chi connectivity index (χ3v) is 3.96. The molecule has 0 unspecified atom stereocenters. The zero-order valence-electron chi connectivity index (χ0n) is 9.51. The molecule has 0 aliphatic carbocycles. The van der Waals surface area contributed by atoms with Crippen molar-refractivity contribution < 1.29 is 0 Å². The van der Waals surface area contributed by atoms with Crippen LogP contribution in [0.2, 0.25) is 0 Å². The molecule has 90 valence electrons. The van der Waals surface area contributed by atoms with Gasteiger partial charge in [-0.25, -0.2) is 10.2 Å². The highest BCUT2D eigenvalue weighted by Crippen LogP contribution is 2.20. The quantitative estimate of drug-likeness (QED) is 0.682. The van der Waals surface area contributed by atoms with Gasteiger partial charge in [0.05, 0.1) is 5.69 Å². The molecule has 0 radical (unpaired) electrons. The maximum Gasteiger partial charge on any atom is 0.287 e. The molecule has 0 atom stereocenters. The fourth-order valence-corrected chi connectivity index (χ4v) is 2.16. The maximum absolute atomic E-state index is 12.0. The molecular weight excluding hydrogens is 343 g/mol. The molecule has 6 heteroatoms. The first-order chi connectivity index (χ1) is 8.68. The number of H-pyrrole nitrogens is 1. The predicted octanol–water partition coefficient (Wildman–Crippen LogP) is 2.00. The molecule has 0 bridgehead atoms. The van der Waals surface area contributed by atoms with Gasteiger partial charge in [-0.2, -0.15) is 9.61 Å². The molecule has 0 amide bonds. The molecule has 3 aromatic rings. The van der Waals surface area contributed by atoms with Crippen LogP contribution in [-0.4, -0.2) is 19.8 Å². The van der Waals surface area contributed by atoms with Crippen molar-refractivity contribution >= 4 is 28.2 Å². The second kappa shape index (κ2) is 4.20. The zero-order valence-corrected chi connectivity index (χ0v) is 11.7. The molecule has 1 N–H and O–H groups in total. The average Bonchev–Trinajstić information content (AvgIpc) is 2.81. The van der Waals surface area contributed by atoms with E-state index in [1.807, 2.05) is 59.8 Å². The van der Waals surface area contributed by atoms with E-state index in [4.69, 9.17) is 0 Å². The molecule has 5 nitrogen and oxygen atoms in total. The van der Waals surface area contributed by atoms with Crippen molar-refractivity contribution in [3.8, 4) is 11.3 Å². The predicted molar refractivity (Wildman–Crippen MR) is 76.5 cm³/mol. The van der Waals surface area contributed by atoms with Crippen LogP contribution in [0.15, 0.2) is 35.1 Å². The largest absolute Gasteiger partial charge is 0.287 e. The van der Waals surface area contributed by atoms with Crippen molar-refractivity contribution in [1.82, 2.24) is 19.8 Å². The third-order valence-electron chi connectivity index (χ3n) is 2.71. The number of fused-ring (bicyclic) bond motifs is 1. The van der Waals surface area contributed by atoms with Crippen molar-refractivity contribution in [1.29, 1.82) is 0 Å². The van der Waals surface area contributed by atoms with E-state index in [9.17, 15) is 4.79 Å².